The molecule has 1 saturated heterocycles. The van der Waals surface area contributed by atoms with Gasteiger partial charge >= 0.3 is 5.97 Å². The lowest BCUT2D eigenvalue weighted by molar-refractivity contribution is -0.143. The summed E-state index contributed by atoms with van der Waals surface area (Å²) in [5.74, 6) is -0.451. The Morgan fingerprint density at radius 2 is 1.88 bits per heavy atom. The lowest BCUT2D eigenvalue weighted by Crippen LogP contribution is -2.40. The van der Waals surface area contributed by atoms with Crippen LogP contribution >= 0.6 is 0 Å². The fourth-order valence-corrected chi connectivity index (χ4v) is 3.34. The zero-order chi connectivity index (χ0) is 18.7. The number of carbonyl (C=O) groups is 2. The van der Waals surface area contributed by atoms with E-state index in [0.717, 1.165) is 17.1 Å². The van der Waals surface area contributed by atoms with Crippen molar-refractivity contribution in [2.24, 2.45) is 5.92 Å². The number of likely N-dealkylation sites (tertiary alicyclic amines) is 1. The number of hydrogen-bond donors (Lipinski definition) is 1. The number of hydrogen-bond acceptors (Lipinski definition) is 4. The Labute approximate surface area is 152 Å². The number of benzene rings is 1. The molecule has 1 amide bonds. The molecule has 1 aliphatic rings. The van der Waals surface area contributed by atoms with Gasteiger partial charge in [0.25, 0.3) is 5.91 Å². The van der Waals surface area contributed by atoms with Crippen LogP contribution in [0, 0.1) is 5.92 Å². The summed E-state index contributed by atoms with van der Waals surface area (Å²) in [6, 6.07) is 7.51. The molecule has 0 radical (unpaired) electrons. The SMILES string of the molecule is CCc1c(C(=O)N2CCC(C(=O)O)CC2)cnn1-c1ccc(OC)cc1. The largest absolute Gasteiger partial charge is 0.497 e. The fourth-order valence-electron chi connectivity index (χ4n) is 3.34. The van der Waals surface area contributed by atoms with Crippen molar-refractivity contribution in [2.75, 3.05) is 20.2 Å². The van der Waals surface area contributed by atoms with E-state index < -0.39 is 5.97 Å². The molecule has 7 heteroatoms. The third-order valence-corrected chi connectivity index (χ3v) is 4.88. The van der Waals surface area contributed by atoms with Gasteiger partial charge < -0.3 is 14.7 Å². The smallest absolute Gasteiger partial charge is 0.306 e. The number of ether oxygens (including phenoxy) is 1. The predicted octanol–water partition coefficient (Wildman–Crippen LogP) is 2.38. The molecule has 1 aromatic carbocycles. The second-order valence-electron chi connectivity index (χ2n) is 6.37. The van der Waals surface area contributed by atoms with Gasteiger partial charge in [-0.15, -0.1) is 0 Å². The van der Waals surface area contributed by atoms with E-state index in [4.69, 9.17) is 9.84 Å². The van der Waals surface area contributed by atoms with Crippen LogP contribution in [0.25, 0.3) is 5.69 Å². The maximum atomic E-state index is 12.9. The lowest BCUT2D eigenvalue weighted by atomic mass is 9.96. The summed E-state index contributed by atoms with van der Waals surface area (Å²) in [6.07, 6.45) is 3.26. The maximum absolute atomic E-state index is 12.9. The van der Waals surface area contributed by atoms with Gasteiger partial charge in [0.1, 0.15) is 5.75 Å². The number of nitrogens with zero attached hydrogens (tertiary/aromatic N) is 3. The number of rotatable bonds is 5. The summed E-state index contributed by atoms with van der Waals surface area (Å²) in [6.45, 7) is 2.92. The predicted molar refractivity (Wildman–Crippen MR) is 95.8 cm³/mol. The Bertz CT molecular complexity index is 790. The van der Waals surface area contributed by atoms with E-state index in [1.165, 1.54) is 0 Å². The minimum Gasteiger partial charge on any atom is -0.497 e. The molecule has 26 heavy (non-hydrogen) atoms. The molecule has 1 fully saturated rings. The first-order chi connectivity index (χ1) is 12.5. The molecule has 0 aliphatic carbocycles. The van der Waals surface area contributed by atoms with E-state index in [1.54, 1.807) is 22.9 Å². The molecular formula is C19H23N3O4. The van der Waals surface area contributed by atoms with Crippen LogP contribution in [-0.4, -0.2) is 51.9 Å². The Hall–Kier alpha value is -2.83. The summed E-state index contributed by atoms with van der Waals surface area (Å²) >= 11 is 0. The number of aromatic nitrogens is 2. The first kappa shape index (κ1) is 18.0. The Balaban J connectivity index is 1.81. The van der Waals surface area contributed by atoms with Crippen molar-refractivity contribution in [1.82, 2.24) is 14.7 Å². The highest BCUT2D eigenvalue weighted by Gasteiger charge is 2.29. The van der Waals surface area contributed by atoms with Crippen LogP contribution in [-0.2, 0) is 11.2 Å². The normalized spacial score (nSPS) is 15.1. The summed E-state index contributed by atoms with van der Waals surface area (Å²) in [5.41, 5.74) is 2.30. The summed E-state index contributed by atoms with van der Waals surface area (Å²) in [5, 5.41) is 13.5. The van der Waals surface area contributed by atoms with Gasteiger partial charge in [0.2, 0.25) is 0 Å². The van der Waals surface area contributed by atoms with Crippen LogP contribution in [0.1, 0.15) is 35.8 Å². The van der Waals surface area contributed by atoms with E-state index in [1.807, 2.05) is 31.2 Å². The lowest BCUT2D eigenvalue weighted by Gasteiger charge is -2.30. The minimum atomic E-state index is -0.779. The Morgan fingerprint density at radius 3 is 2.42 bits per heavy atom. The van der Waals surface area contributed by atoms with Gasteiger partial charge in [-0.2, -0.15) is 5.10 Å². The van der Waals surface area contributed by atoms with Gasteiger partial charge in [-0.05, 0) is 43.5 Å². The number of carbonyl (C=O) groups excluding carboxylic acids is 1. The summed E-state index contributed by atoms with van der Waals surface area (Å²) < 4.78 is 6.95. The number of methoxy groups -OCH3 is 1. The molecule has 0 bridgehead atoms. The van der Waals surface area contributed by atoms with Crippen LogP contribution < -0.4 is 4.74 Å². The Kier molecular flexibility index (Phi) is 5.25. The van der Waals surface area contributed by atoms with E-state index in [-0.39, 0.29) is 11.8 Å². The van der Waals surface area contributed by atoms with E-state index in [9.17, 15) is 9.59 Å². The van der Waals surface area contributed by atoms with Gasteiger partial charge in [-0.1, -0.05) is 6.92 Å². The highest BCUT2D eigenvalue weighted by molar-refractivity contribution is 5.95. The van der Waals surface area contributed by atoms with E-state index in [0.29, 0.717) is 37.9 Å². The number of carboxylic acids is 1. The van der Waals surface area contributed by atoms with Crippen molar-refractivity contribution in [3.8, 4) is 11.4 Å². The molecule has 7 nitrogen and oxygen atoms in total. The van der Waals surface area contributed by atoms with Gasteiger partial charge in [0, 0.05) is 13.1 Å². The van der Waals surface area contributed by atoms with Gasteiger partial charge in [0.15, 0.2) is 0 Å². The first-order valence-electron chi connectivity index (χ1n) is 8.78. The Morgan fingerprint density at radius 1 is 1.23 bits per heavy atom. The highest BCUT2D eigenvalue weighted by atomic mass is 16.5. The van der Waals surface area contributed by atoms with E-state index >= 15 is 0 Å². The van der Waals surface area contributed by atoms with Crippen LogP contribution in [0.15, 0.2) is 30.5 Å². The van der Waals surface area contributed by atoms with Gasteiger partial charge in [0.05, 0.1) is 36.2 Å². The molecule has 0 saturated carbocycles. The fraction of sp³-hybridized carbons (Fsp3) is 0.421. The van der Waals surface area contributed by atoms with Crippen molar-refractivity contribution >= 4 is 11.9 Å². The van der Waals surface area contributed by atoms with Gasteiger partial charge in [-0.25, -0.2) is 4.68 Å². The van der Waals surface area contributed by atoms with Crippen LogP contribution in [0.5, 0.6) is 5.75 Å². The van der Waals surface area contributed by atoms with Crippen molar-refractivity contribution in [3.05, 3.63) is 41.7 Å². The standard InChI is InChI=1S/C19H23N3O4/c1-3-17-16(18(23)21-10-8-13(9-11-21)19(24)25)12-20-22(17)14-4-6-15(26-2)7-5-14/h4-7,12-13H,3,8-11H2,1-2H3,(H,24,25). The molecule has 138 valence electrons. The number of carboxylic acid groups (broad SMARTS) is 1. The van der Waals surface area contributed by atoms with Crippen molar-refractivity contribution in [1.29, 1.82) is 0 Å². The second-order valence-corrected chi connectivity index (χ2v) is 6.37. The topological polar surface area (TPSA) is 84.7 Å². The zero-order valence-electron chi connectivity index (χ0n) is 15.0. The van der Waals surface area contributed by atoms with Crippen molar-refractivity contribution in [2.45, 2.75) is 26.2 Å². The highest BCUT2D eigenvalue weighted by Crippen LogP contribution is 2.23. The average Bonchev–Trinajstić information content (AvgIpc) is 3.11. The molecule has 1 N–H and O–H groups in total. The molecule has 1 aromatic heterocycles. The van der Waals surface area contributed by atoms with Crippen LogP contribution in [0.4, 0.5) is 0 Å². The molecular weight excluding hydrogens is 334 g/mol. The third-order valence-electron chi connectivity index (χ3n) is 4.88. The molecule has 0 spiro atoms. The molecule has 2 aromatic rings. The third kappa shape index (κ3) is 3.42. The molecule has 1 aliphatic heterocycles. The molecule has 0 unspecified atom stereocenters. The van der Waals surface area contributed by atoms with Crippen LogP contribution in [0.3, 0.4) is 0 Å². The first-order valence-corrected chi connectivity index (χ1v) is 8.78. The number of aliphatic carboxylic acids is 1. The van der Waals surface area contributed by atoms with Crippen molar-refractivity contribution < 1.29 is 19.4 Å². The second kappa shape index (κ2) is 7.59. The maximum Gasteiger partial charge on any atom is 0.306 e. The monoisotopic (exact) mass is 357 g/mol. The quantitative estimate of drug-likeness (QED) is 0.888. The average molecular weight is 357 g/mol. The number of amides is 1. The van der Waals surface area contributed by atoms with Crippen LogP contribution in [0.2, 0.25) is 0 Å². The van der Waals surface area contributed by atoms with Gasteiger partial charge in [-0.3, -0.25) is 9.59 Å². The summed E-state index contributed by atoms with van der Waals surface area (Å²) in [7, 11) is 1.62. The summed E-state index contributed by atoms with van der Waals surface area (Å²) in [4.78, 5) is 25.7. The number of piperidine rings is 1. The molecule has 2 heterocycles. The zero-order valence-corrected chi connectivity index (χ0v) is 15.0. The minimum absolute atomic E-state index is 0.0783. The van der Waals surface area contributed by atoms with E-state index in [2.05, 4.69) is 5.10 Å². The van der Waals surface area contributed by atoms with Crippen molar-refractivity contribution in [3.63, 3.8) is 0 Å². The molecule has 3 rings (SSSR count). The molecule has 0 atom stereocenters.